The molecule has 0 radical (unpaired) electrons. The summed E-state index contributed by atoms with van der Waals surface area (Å²) in [6.07, 6.45) is 2.29. The summed E-state index contributed by atoms with van der Waals surface area (Å²) in [6, 6.07) is 7.05. The van der Waals surface area contributed by atoms with Crippen LogP contribution in [-0.4, -0.2) is 22.2 Å². The Balaban J connectivity index is 2.26. The highest BCUT2D eigenvalue weighted by atomic mass is 16.5. The summed E-state index contributed by atoms with van der Waals surface area (Å²) in [6.45, 7) is 1.98. The summed E-state index contributed by atoms with van der Waals surface area (Å²) >= 11 is 0. The van der Waals surface area contributed by atoms with Gasteiger partial charge in [0, 0.05) is 11.8 Å². The normalized spacial score (nSPS) is 10.3. The molecule has 1 aromatic carbocycles. The molecule has 0 aliphatic rings. The van der Waals surface area contributed by atoms with Crippen molar-refractivity contribution < 1.29 is 14.6 Å². The molecule has 1 heterocycles. The van der Waals surface area contributed by atoms with Crippen molar-refractivity contribution in [3.8, 4) is 17.4 Å². The molecule has 0 fully saturated rings. The number of aromatic nitrogens is 2. The van der Waals surface area contributed by atoms with Gasteiger partial charge in [0.15, 0.2) is 11.5 Å². The molecular weight excluding hydrogens is 244 g/mol. The topological polar surface area (TPSA) is 64.5 Å². The van der Waals surface area contributed by atoms with E-state index in [0.29, 0.717) is 17.4 Å². The number of nitrogens with zero attached hydrogens (tertiary/aromatic N) is 2. The highest BCUT2D eigenvalue weighted by molar-refractivity contribution is 5.44. The van der Waals surface area contributed by atoms with E-state index in [-0.39, 0.29) is 6.61 Å². The average molecular weight is 260 g/mol. The minimum Gasteiger partial charge on any atom is -0.493 e. The van der Waals surface area contributed by atoms with Crippen LogP contribution in [-0.2, 0) is 13.0 Å². The highest BCUT2D eigenvalue weighted by Crippen LogP contribution is 2.31. The maximum absolute atomic E-state index is 9.09. The molecule has 0 saturated heterocycles. The van der Waals surface area contributed by atoms with Gasteiger partial charge in [-0.05, 0) is 24.1 Å². The molecule has 0 aliphatic carbocycles. The molecule has 19 heavy (non-hydrogen) atoms. The van der Waals surface area contributed by atoms with Gasteiger partial charge in [-0.25, -0.2) is 9.97 Å². The number of ether oxygens (including phenoxy) is 2. The zero-order chi connectivity index (χ0) is 13.7. The van der Waals surface area contributed by atoms with Crippen molar-refractivity contribution in [2.45, 2.75) is 20.0 Å². The molecule has 0 aliphatic heterocycles. The number of rotatable bonds is 5. The summed E-state index contributed by atoms with van der Waals surface area (Å²) in [5.74, 6) is 1.59. The fourth-order valence-corrected chi connectivity index (χ4v) is 1.63. The second kappa shape index (κ2) is 6.15. The quantitative estimate of drug-likeness (QED) is 0.893. The van der Waals surface area contributed by atoms with E-state index in [1.165, 1.54) is 6.33 Å². The molecule has 5 heteroatoms. The minimum absolute atomic E-state index is 0.0376. The van der Waals surface area contributed by atoms with Gasteiger partial charge in [0.2, 0.25) is 5.88 Å². The van der Waals surface area contributed by atoms with Gasteiger partial charge >= 0.3 is 0 Å². The molecule has 2 aromatic rings. The Morgan fingerprint density at radius 2 is 2.00 bits per heavy atom. The number of benzene rings is 1. The summed E-state index contributed by atoms with van der Waals surface area (Å²) < 4.78 is 10.9. The standard InChI is InChI=1S/C14H16N2O3/c1-3-11-7-14(16-9-15-11)19-12-5-4-10(8-17)6-13(12)18-2/h4-7,9,17H,3,8H2,1-2H3. The van der Waals surface area contributed by atoms with Crippen LogP contribution in [0.2, 0.25) is 0 Å². The lowest BCUT2D eigenvalue weighted by molar-refractivity contribution is 0.280. The number of methoxy groups -OCH3 is 1. The van der Waals surface area contributed by atoms with Gasteiger partial charge in [-0.1, -0.05) is 13.0 Å². The monoisotopic (exact) mass is 260 g/mol. The molecule has 5 nitrogen and oxygen atoms in total. The van der Waals surface area contributed by atoms with E-state index >= 15 is 0 Å². The number of hydrogen-bond donors (Lipinski definition) is 1. The van der Waals surface area contributed by atoms with Gasteiger partial charge in [-0.15, -0.1) is 0 Å². The van der Waals surface area contributed by atoms with Crippen molar-refractivity contribution in [2.24, 2.45) is 0 Å². The zero-order valence-electron chi connectivity index (χ0n) is 11.0. The first kappa shape index (κ1) is 13.3. The second-order valence-corrected chi connectivity index (χ2v) is 3.95. The van der Waals surface area contributed by atoms with Gasteiger partial charge in [0.25, 0.3) is 0 Å². The lowest BCUT2D eigenvalue weighted by Crippen LogP contribution is -1.96. The third-order valence-electron chi connectivity index (χ3n) is 2.69. The van der Waals surface area contributed by atoms with Crippen molar-refractivity contribution in [1.82, 2.24) is 9.97 Å². The smallest absolute Gasteiger partial charge is 0.222 e. The number of hydrogen-bond acceptors (Lipinski definition) is 5. The van der Waals surface area contributed by atoms with Crippen LogP contribution in [0.4, 0.5) is 0 Å². The van der Waals surface area contributed by atoms with Crippen LogP contribution >= 0.6 is 0 Å². The largest absolute Gasteiger partial charge is 0.493 e. The first-order chi connectivity index (χ1) is 9.26. The third-order valence-corrected chi connectivity index (χ3v) is 2.69. The second-order valence-electron chi connectivity index (χ2n) is 3.95. The van der Waals surface area contributed by atoms with E-state index in [1.54, 1.807) is 31.4 Å². The molecule has 100 valence electrons. The fourth-order valence-electron chi connectivity index (χ4n) is 1.63. The van der Waals surface area contributed by atoms with E-state index in [2.05, 4.69) is 9.97 Å². The Bertz CT molecular complexity index is 558. The van der Waals surface area contributed by atoms with E-state index in [9.17, 15) is 0 Å². The maximum atomic E-state index is 9.09. The molecule has 0 saturated carbocycles. The first-order valence-corrected chi connectivity index (χ1v) is 6.03. The minimum atomic E-state index is -0.0376. The molecule has 0 atom stereocenters. The molecule has 0 amide bonds. The Hall–Kier alpha value is -2.14. The average Bonchev–Trinajstić information content (AvgIpc) is 2.48. The third kappa shape index (κ3) is 3.20. The summed E-state index contributed by atoms with van der Waals surface area (Å²) in [7, 11) is 1.56. The summed E-state index contributed by atoms with van der Waals surface area (Å²) in [5, 5.41) is 9.09. The molecule has 0 unspecified atom stereocenters. The van der Waals surface area contributed by atoms with Crippen molar-refractivity contribution in [1.29, 1.82) is 0 Å². The van der Waals surface area contributed by atoms with E-state index < -0.39 is 0 Å². The number of aliphatic hydroxyl groups excluding tert-OH is 1. The van der Waals surface area contributed by atoms with Gasteiger partial charge in [0.1, 0.15) is 6.33 Å². The first-order valence-electron chi connectivity index (χ1n) is 6.03. The molecule has 2 rings (SSSR count). The van der Waals surface area contributed by atoms with Crippen LogP contribution < -0.4 is 9.47 Å². The van der Waals surface area contributed by atoms with E-state index in [0.717, 1.165) is 17.7 Å². The van der Waals surface area contributed by atoms with Gasteiger partial charge in [-0.3, -0.25) is 0 Å². The van der Waals surface area contributed by atoms with Crippen molar-refractivity contribution in [3.63, 3.8) is 0 Å². The van der Waals surface area contributed by atoms with E-state index in [4.69, 9.17) is 14.6 Å². The Morgan fingerprint density at radius 1 is 1.16 bits per heavy atom. The SMILES string of the molecule is CCc1cc(Oc2ccc(CO)cc2OC)ncn1. The van der Waals surface area contributed by atoms with Crippen LogP contribution in [0.5, 0.6) is 17.4 Å². The van der Waals surface area contributed by atoms with Gasteiger partial charge < -0.3 is 14.6 Å². The zero-order valence-corrected chi connectivity index (χ0v) is 11.0. The number of aliphatic hydroxyl groups is 1. The Labute approximate surface area is 111 Å². The van der Waals surface area contributed by atoms with Crippen molar-refractivity contribution in [3.05, 3.63) is 41.9 Å². The Kier molecular flexibility index (Phi) is 4.30. The van der Waals surface area contributed by atoms with Crippen LogP contribution in [0.15, 0.2) is 30.6 Å². The lowest BCUT2D eigenvalue weighted by atomic mass is 10.2. The molecule has 0 bridgehead atoms. The number of aryl methyl sites for hydroxylation is 1. The molecule has 1 N–H and O–H groups in total. The van der Waals surface area contributed by atoms with Gasteiger partial charge in [-0.2, -0.15) is 0 Å². The maximum Gasteiger partial charge on any atom is 0.222 e. The van der Waals surface area contributed by atoms with Crippen LogP contribution in [0.25, 0.3) is 0 Å². The summed E-state index contributed by atoms with van der Waals surface area (Å²) in [4.78, 5) is 8.18. The lowest BCUT2D eigenvalue weighted by Gasteiger charge is -2.10. The van der Waals surface area contributed by atoms with Gasteiger partial charge in [0.05, 0.1) is 13.7 Å². The summed E-state index contributed by atoms with van der Waals surface area (Å²) in [5.41, 5.74) is 1.68. The van der Waals surface area contributed by atoms with Crippen LogP contribution in [0, 0.1) is 0 Å². The fraction of sp³-hybridized carbons (Fsp3) is 0.286. The Morgan fingerprint density at radius 3 is 2.68 bits per heavy atom. The van der Waals surface area contributed by atoms with Crippen LogP contribution in [0.3, 0.4) is 0 Å². The van der Waals surface area contributed by atoms with Crippen LogP contribution in [0.1, 0.15) is 18.2 Å². The van der Waals surface area contributed by atoms with E-state index in [1.807, 2.05) is 6.92 Å². The predicted molar refractivity (Wildman–Crippen MR) is 70.4 cm³/mol. The van der Waals surface area contributed by atoms with Crippen molar-refractivity contribution in [2.75, 3.05) is 7.11 Å². The predicted octanol–water partition coefficient (Wildman–Crippen LogP) is 2.33. The molecular formula is C14H16N2O3. The molecule has 1 aromatic heterocycles. The van der Waals surface area contributed by atoms with Crippen molar-refractivity contribution >= 4 is 0 Å². The highest BCUT2D eigenvalue weighted by Gasteiger charge is 2.08. The molecule has 0 spiro atoms.